The maximum absolute atomic E-state index is 14.9. The van der Waals surface area contributed by atoms with Gasteiger partial charge in [-0.05, 0) is 12.1 Å². The number of carbonyl (C=O) groups is 2. The molecule has 3 aliphatic rings. The highest BCUT2D eigenvalue weighted by Gasteiger charge is 2.63. The van der Waals surface area contributed by atoms with E-state index in [1.165, 1.54) is 0 Å². The van der Waals surface area contributed by atoms with Gasteiger partial charge in [0.1, 0.15) is 11.9 Å². The molecule has 1 saturated heterocycles. The quantitative estimate of drug-likeness (QED) is 0.508. The van der Waals surface area contributed by atoms with Gasteiger partial charge in [-0.2, -0.15) is 0 Å². The lowest BCUT2D eigenvalue weighted by atomic mass is 9.98. The smallest absolute Gasteiger partial charge is 0.381 e. The van der Waals surface area contributed by atoms with E-state index < -0.39 is 62.0 Å². The van der Waals surface area contributed by atoms with Crippen LogP contribution in [0, 0.1) is 0 Å². The Morgan fingerprint density at radius 2 is 2.10 bits per heavy atom. The number of aliphatic hydroxyl groups excluding tert-OH is 1. The number of nitrogens with zero attached hydrogens (tertiary/aromatic N) is 1. The van der Waals surface area contributed by atoms with Crippen LogP contribution in [0.25, 0.3) is 0 Å². The fourth-order valence-electron chi connectivity index (χ4n) is 3.39. The molecule has 0 bridgehead atoms. The Morgan fingerprint density at radius 3 is 2.81 bits per heavy atom. The lowest BCUT2D eigenvalue weighted by molar-refractivity contribution is -0.193. The number of alkyl halides is 3. The Labute approximate surface area is 179 Å². The van der Waals surface area contributed by atoms with Crippen LogP contribution in [0.4, 0.5) is 13.2 Å². The maximum atomic E-state index is 14.9. The Kier molecular flexibility index (Phi) is 5.97. The molecule has 1 N–H and O–H groups in total. The molecule has 1 aromatic carbocycles. The number of carbonyl (C=O) groups excluding carboxylic acids is 2. The van der Waals surface area contributed by atoms with Crippen molar-refractivity contribution in [1.29, 1.82) is 0 Å². The number of para-hydroxylation sites is 1. The van der Waals surface area contributed by atoms with Gasteiger partial charge in [-0.15, -0.1) is 0 Å². The zero-order valence-electron chi connectivity index (χ0n) is 15.7. The van der Waals surface area contributed by atoms with Crippen molar-refractivity contribution < 1.29 is 46.2 Å². The number of hydrogen-bond donors (Lipinski definition) is 1. The molecule has 1 aromatic rings. The number of benzene rings is 1. The fourth-order valence-corrected chi connectivity index (χ4v) is 5.20. The summed E-state index contributed by atoms with van der Waals surface area (Å²) >= 11 is 5.20. The lowest BCUT2D eigenvalue weighted by Gasteiger charge is -2.34. The molecule has 0 spiro atoms. The summed E-state index contributed by atoms with van der Waals surface area (Å²) in [5.74, 6) is -0.977. The molecule has 1 fully saturated rings. The van der Waals surface area contributed by atoms with Gasteiger partial charge >= 0.3 is 6.72 Å². The average molecular weight is 479 g/mol. The third kappa shape index (κ3) is 4.04. The molecule has 0 aliphatic carbocycles. The first-order valence-corrected chi connectivity index (χ1v) is 11.7. The molecule has 168 valence electrons. The van der Waals surface area contributed by atoms with Crippen LogP contribution in [0.3, 0.4) is 0 Å². The van der Waals surface area contributed by atoms with Gasteiger partial charge in [0.2, 0.25) is 5.91 Å². The summed E-state index contributed by atoms with van der Waals surface area (Å²) in [7, 11) is 0. The minimum absolute atomic E-state index is 0.0153. The van der Waals surface area contributed by atoms with E-state index in [1.807, 2.05) is 0 Å². The monoisotopic (exact) mass is 479 g/mol. The second-order valence-electron chi connectivity index (χ2n) is 7.11. The lowest BCUT2D eigenvalue weighted by Crippen LogP contribution is -2.50. The fraction of sp³-hybridized carbons (Fsp3) is 0.444. The van der Waals surface area contributed by atoms with Gasteiger partial charge in [0.25, 0.3) is 6.43 Å². The number of fused-ring (bicyclic) bond motifs is 1. The van der Waals surface area contributed by atoms with Crippen molar-refractivity contribution in [1.82, 2.24) is 4.90 Å². The van der Waals surface area contributed by atoms with Crippen LogP contribution in [0.15, 0.2) is 36.5 Å². The summed E-state index contributed by atoms with van der Waals surface area (Å²) in [4.78, 5) is 24.1. The Balaban J connectivity index is 1.54. The normalized spacial score (nSPS) is 35.4. The van der Waals surface area contributed by atoms with E-state index in [1.54, 1.807) is 24.3 Å². The zero-order chi connectivity index (χ0) is 22.4. The van der Waals surface area contributed by atoms with Crippen molar-refractivity contribution in [2.75, 3.05) is 6.61 Å². The average Bonchev–Trinajstić information content (AvgIpc) is 2.98. The molecule has 1 amide bonds. The topological polar surface area (TPSA) is 94.5 Å². The minimum atomic E-state index is -3.57. The van der Waals surface area contributed by atoms with Crippen LogP contribution in [0.1, 0.15) is 12.0 Å². The number of ether oxygens (including phenoxy) is 1. The molecule has 4 rings (SSSR count). The van der Waals surface area contributed by atoms with E-state index in [0.29, 0.717) is 16.2 Å². The van der Waals surface area contributed by atoms with Gasteiger partial charge in [0, 0.05) is 23.6 Å². The van der Waals surface area contributed by atoms with Gasteiger partial charge in [-0.3, -0.25) is 23.5 Å². The van der Waals surface area contributed by atoms with Crippen LogP contribution in [0.2, 0.25) is 0 Å². The number of hydrogen-bond acceptors (Lipinski definition) is 8. The number of halogens is 3. The van der Waals surface area contributed by atoms with Crippen molar-refractivity contribution in [2.24, 2.45) is 0 Å². The first kappa shape index (κ1) is 22.4. The molecule has 0 saturated carbocycles. The Morgan fingerprint density at radius 1 is 1.35 bits per heavy atom. The number of aliphatic hydroxyl groups is 1. The third-order valence-corrected chi connectivity index (χ3v) is 7.25. The first-order chi connectivity index (χ1) is 14.7. The number of ketones is 1. The highest BCUT2D eigenvalue weighted by atomic mass is 32.5. The van der Waals surface area contributed by atoms with E-state index in [0.717, 1.165) is 12.3 Å². The predicted molar refractivity (Wildman–Crippen MR) is 102 cm³/mol. The van der Waals surface area contributed by atoms with Crippen molar-refractivity contribution in [3.05, 3.63) is 42.1 Å². The molecule has 5 atom stereocenters. The van der Waals surface area contributed by atoms with Crippen molar-refractivity contribution in [3.8, 4) is 5.75 Å². The van der Waals surface area contributed by atoms with Gasteiger partial charge in [-0.1, -0.05) is 18.2 Å². The van der Waals surface area contributed by atoms with Crippen LogP contribution in [0.5, 0.6) is 5.75 Å². The van der Waals surface area contributed by atoms with Crippen molar-refractivity contribution in [2.45, 2.75) is 43.6 Å². The molecule has 8 nitrogen and oxygen atoms in total. The van der Waals surface area contributed by atoms with E-state index in [-0.39, 0.29) is 6.61 Å². The summed E-state index contributed by atoms with van der Waals surface area (Å²) in [6.07, 6.45) is -8.57. The number of amides is 1. The number of rotatable bonds is 5. The van der Waals surface area contributed by atoms with E-state index in [4.69, 9.17) is 30.1 Å². The summed E-state index contributed by atoms with van der Waals surface area (Å²) < 4.78 is 64.4. The van der Waals surface area contributed by atoms with E-state index >= 15 is 0 Å². The van der Waals surface area contributed by atoms with E-state index in [2.05, 4.69) is 0 Å². The van der Waals surface area contributed by atoms with Gasteiger partial charge in [-0.25, -0.2) is 13.2 Å². The molecule has 3 aliphatic heterocycles. The zero-order valence-corrected chi connectivity index (χ0v) is 17.4. The van der Waals surface area contributed by atoms with Crippen molar-refractivity contribution in [3.63, 3.8) is 0 Å². The molecule has 0 radical (unpaired) electrons. The van der Waals surface area contributed by atoms with Crippen molar-refractivity contribution >= 4 is 30.2 Å². The van der Waals surface area contributed by atoms with Crippen LogP contribution < -0.4 is 4.52 Å². The molecule has 3 heterocycles. The molecule has 0 aromatic heterocycles. The van der Waals surface area contributed by atoms with E-state index in [9.17, 15) is 27.9 Å². The largest absolute Gasteiger partial charge is 0.424 e. The van der Waals surface area contributed by atoms with Crippen LogP contribution in [-0.4, -0.2) is 58.8 Å². The molecule has 13 heteroatoms. The van der Waals surface area contributed by atoms with Crippen LogP contribution in [-0.2, 0) is 41.8 Å². The SMILES string of the molecule is O=C1C=CN([C@@H]2O[C@@](COP3(=S)OCc4ccccc4O3)(C(F)F)[C@H](F)[C@H]2O)C(=O)C1. The Bertz CT molecular complexity index is 979. The van der Waals surface area contributed by atoms with Gasteiger partial charge in [0.15, 0.2) is 23.8 Å². The first-order valence-electron chi connectivity index (χ1n) is 9.12. The highest BCUT2D eigenvalue weighted by Crippen LogP contribution is 2.56. The second kappa shape index (κ2) is 8.27. The minimum Gasteiger partial charge on any atom is -0.424 e. The third-order valence-electron chi connectivity index (χ3n) is 5.09. The molecule has 31 heavy (non-hydrogen) atoms. The standard InChI is InChI=1S/C18H17F3NO7PS/c19-15-14(25)16(22-6-5-11(23)7-13(22)24)28-18(15,17(20)21)9-27-30(31)26-8-10-3-1-2-4-12(10)29-30/h1-6,14-17,25H,7-9H2/t14-,15-,16-,18-,30?/m1/s1. The summed E-state index contributed by atoms with van der Waals surface area (Å²) in [6.45, 7) is -4.64. The second-order valence-corrected chi connectivity index (χ2v) is 10.0. The summed E-state index contributed by atoms with van der Waals surface area (Å²) in [5.41, 5.74) is -2.26. The Hall–Kier alpha value is -1.82. The molecular weight excluding hydrogens is 462 g/mol. The summed E-state index contributed by atoms with van der Waals surface area (Å²) in [6, 6.07) is 6.75. The predicted octanol–water partition coefficient (Wildman–Crippen LogP) is 2.21. The number of allylic oxidation sites excluding steroid dienone is 1. The molecule has 1 unspecified atom stereocenters. The van der Waals surface area contributed by atoms with Gasteiger partial charge in [0.05, 0.1) is 19.6 Å². The van der Waals surface area contributed by atoms with Crippen LogP contribution >= 0.6 is 6.72 Å². The maximum Gasteiger partial charge on any atom is 0.381 e. The summed E-state index contributed by atoms with van der Waals surface area (Å²) in [5, 5.41) is 10.2. The highest BCUT2D eigenvalue weighted by molar-refractivity contribution is 8.07. The van der Waals surface area contributed by atoms with Gasteiger partial charge < -0.3 is 14.4 Å². The molecular formula is C18H17F3NO7PS.